The number of aromatic nitrogens is 2. The molecule has 1 saturated heterocycles. The van der Waals surface area contributed by atoms with Gasteiger partial charge in [0.2, 0.25) is 0 Å². The van der Waals surface area contributed by atoms with E-state index in [-0.39, 0.29) is 17.7 Å². The van der Waals surface area contributed by atoms with Gasteiger partial charge >= 0.3 is 0 Å². The third-order valence-corrected chi connectivity index (χ3v) is 6.46. The highest BCUT2D eigenvalue weighted by Crippen LogP contribution is 2.39. The molecule has 0 radical (unpaired) electrons. The van der Waals surface area contributed by atoms with Crippen molar-refractivity contribution in [1.29, 1.82) is 0 Å². The van der Waals surface area contributed by atoms with Crippen molar-refractivity contribution in [1.82, 2.24) is 15.0 Å². The maximum absolute atomic E-state index is 14.5. The number of benzene rings is 2. The second-order valence-corrected chi connectivity index (χ2v) is 8.54. The van der Waals surface area contributed by atoms with Gasteiger partial charge in [-0.05, 0) is 55.7 Å². The Balaban J connectivity index is 1.42. The van der Waals surface area contributed by atoms with Crippen molar-refractivity contribution >= 4 is 17.0 Å². The minimum Gasteiger partial charge on any atom is -0.486 e. The Labute approximate surface area is 195 Å². The molecule has 6 rings (SSSR count). The summed E-state index contributed by atoms with van der Waals surface area (Å²) in [6.45, 7) is 3.42. The molecule has 0 spiro atoms. The molecule has 1 amide bonds. The second kappa shape index (κ2) is 8.13. The van der Waals surface area contributed by atoms with Crippen LogP contribution in [0.3, 0.4) is 0 Å². The molecule has 2 aromatic heterocycles. The van der Waals surface area contributed by atoms with Crippen LogP contribution in [-0.2, 0) is 0 Å². The Morgan fingerprint density at radius 3 is 2.76 bits per heavy atom. The van der Waals surface area contributed by atoms with Gasteiger partial charge in [-0.25, -0.2) is 9.37 Å². The van der Waals surface area contributed by atoms with E-state index in [9.17, 15) is 9.18 Å². The fraction of sp³-hybridized carbons (Fsp3) is 0.269. The number of rotatable bonds is 3. The van der Waals surface area contributed by atoms with Crippen LogP contribution < -0.4 is 9.47 Å². The summed E-state index contributed by atoms with van der Waals surface area (Å²) >= 11 is 0. The number of aryl methyl sites for hydroxylation is 1. The minimum absolute atomic E-state index is 0.108. The lowest BCUT2D eigenvalue weighted by Crippen LogP contribution is -2.31. The van der Waals surface area contributed by atoms with Gasteiger partial charge in [0, 0.05) is 12.1 Å². The van der Waals surface area contributed by atoms with E-state index < -0.39 is 5.82 Å². The first-order valence-corrected chi connectivity index (χ1v) is 11.3. The first-order valence-electron chi connectivity index (χ1n) is 11.3. The molecule has 2 aliphatic heterocycles. The third kappa shape index (κ3) is 3.37. The van der Waals surface area contributed by atoms with Gasteiger partial charge in [0.05, 0.1) is 28.4 Å². The lowest BCUT2D eigenvalue weighted by atomic mass is 10.0. The smallest absolute Gasteiger partial charge is 0.259 e. The maximum atomic E-state index is 14.5. The Morgan fingerprint density at radius 2 is 1.91 bits per heavy atom. The zero-order valence-corrected chi connectivity index (χ0v) is 18.6. The summed E-state index contributed by atoms with van der Waals surface area (Å²) in [6, 6.07) is 13.7. The van der Waals surface area contributed by atoms with E-state index in [1.165, 1.54) is 6.07 Å². The molecule has 34 heavy (non-hydrogen) atoms. The summed E-state index contributed by atoms with van der Waals surface area (Å²) in [5.74, 6) is 0.843. The van der Waals surface area contributed by atoms with Crippen molar-refractivity contribution in [3.05, 3.63) is 71.2 Å². The van der Waals surface area contributed by atoms with Crippen LogP contribution in [0.15, 0.2) is 53.1 Å². The number of fused-ring (bicyclic) bond motifs is 2. The molecular formula is C26H22FN3O4. The van der Waals surface area contributed by atoms with Crippen LogP contribution in [0.5, 0.6) is 11.5 Å². The van der Waals surface area contributed by atoms with Gasteiger partial charge in [-0.2, -0.15) is 0 Å². The van der Waals surface area contributed by atoms with E-state index >= 15 is 0 Å². The molecular weight excluding hydrogens is 437 g/mol. The molecule has 2 aliphatic rings. The summed E-state index contributed by atoms with van der Waals surface area (Å²) in [7, 11) is 0. The largest absolute Gasteiger partial charge is 0.486 e. The van der Waals surface area contributed by atoms with Gasteiger partial charge in [-0.3, -0.25) is 4.79 Å². The Kier molecular flexibility index (Phi) is 4.94. The molecule has 0 unspecified atom stereocenters. The SMILES string of the molecule is Cc1noc2nc(-c3ccccc3F)cc(C(=O)N3CCC[C@H]3c3ccc4c(c3)OCCO4)c12. The predicted octanol–water partition coefficient (Wildman–Crippen LogP) is 5.09. The van der Waals surface area contributed by atoms with Crippen molar-refractivity contribution < 1.29 is 23.2 Å². The van der Waals surface area contributed by atoms with Crippen molar-refractivity contribution in [3.8, 4) is 22.8 Å². The minimum atomic E-state index is -0.417. The predicted molar refractivity (Wildman–Crippen MR) is 122 cm³/mol. The Bertz CT molecular complexity index is 1420. The molecule has 0 bridgehead atoms. The third-order valence-electron chi connectivity index (χ3n) is 6.46. The maximum Gasteiger partial charge on any atom is 0.259 e. The van der Waals surface area contributed by atoms with Gasteiger partial charge in [-0.1, -0.05) is 23.4 Å². The molecule has 172 valence electrons. The van der Waals surface area contributed by atoms with Crippen LogP contribution in [0, 0.1) is 12.7 Å². The van der Waals surface area contributed by atoms with E-state index in [0.29, 0.717) is 53.4 Å². The molecule has 0 saturated carbocycles. The van der Waals surface area contributed by atoms with E-state index in [1.807, 2.05) is 23.1 Å². The van der Waals surface area contributed by atoms with Crippen LogP contribution in [0.25, 0.3) is 22.4 Å². The van der Waals surface area contributed by atoms with E-state index in [4.69, 9.17) is 14.0 Å². The van der Waals surface area contributed by atoms with Gasteiger partial charge < -0.3 is 18.9 Å². The molecule has 0 N–H and O–H groups in total. The van der Waals surface area contributed by atoms with E-state index in [1.54, 1.807) is 31.2 Å². The lowest BCUT2D eigenvalue weighted by molar-refractivity contribution is 0.0737. The summed E-state index contributed by atoms with van der Waals surface area (Å²) in [5, 5.41) is 4.57. The Morgan fingerprint density at radius 1 is 1.09 bits per heavy atom. The highest BCUT2D eigenvalue weighted by Gasteiger charge is 2.33. The quantitative estimate of drug-likeness (QED) is 0.425. The monoisotopic (exact) mass is 459 g/mol. The number of hydrogen-bond acceptors (Lipinski definition) is 6. The van der Waals surface area contributed by atoms with Gasteiger partial charge in [-0.15, -0.1) is 0 Å². The molecule has 2 aromatic carbocycles. The number of amides is 1. The van der Waals surface area contributed by atoms with Gasteiger partial charge in [0.25, 0.3) is 11.6 Å². The average Bonchev–Trinajstić information content (AvgIpc) is 3.50. The number of ether oxygens (including phenoxy) is 2. The number of pyridine rings is 1. The summed E-state index contributed by atoms with van der Waals surface area (Å²) in [5.41, 5.74) is 2.83. The lowest BCUT2D eigenvalue weighted by Gasteiger charge is -2.27. The van der Waals surface area contributed by atoms with Gasteiger partial charge in [0.1, 0.15) is 19.0 Å². The van der Waals surface area contributed by atoms with Crippen LogP contribution >= 0.6 is 0 Å². The number of hydrogen-bond donors (Lipinski definition) is 0. The molecule has 1 atom stereocenters. The molecule has 8 heteroatoms. The first-order chi connectivity index (χ1) is 16.6. The fourth-order valence-electron chi connectivity index (χ4n) is 4.85. The molecule has 0 aliphatic carbocycles. The highest BCUT2D eigenvalue weighted by atomic mass is 19.1. The average molecular weight is 459 g/mol. The molecule has 7 nitrogen and oxygen atoms in total. The molecule has 4 aromatic rings. The highest BCUT2D eigenvalue weighted by molar-refractivity contribution is 6.07. The van der Waals surface area contributed by atoms with Crippen LogP contribution in [0.2, 0.25) is 0 Å². The van der Waals surface area contributed by atoms with Crippen molar-refractivity contribution in [2.45, 2.75) is 25.8 Å². The molecule has 4 heterocycles. The summed E-state index contributed by atoms with van der Waals surface area (Å²) in [4.78, 5) is 20.2. The van der Waals surface area contributed by atoms with Crippen LogP contribution in [-0.4, -0.2) is 40.7 Å². The second-order valence-electron chi connectivity index (χ2n) is 8.54. The number of nitrogens with zero attached hydrogens (tertiary/aromatic N) is 3. The number of carbonyl (C=O) groups is 1. The zero-order valence-electron chi connectivity index (χ0n) is 18.6. The zero-order chi connectivity index (χ0) is 23.2. The van der Waals surface area contributed by atoms with Crippen LogP contribution in [0.1, 0.15) is 40.5 Å². The molecule has 1 fully saturated rings. The van der Waals surface area contributed by atoms with E-state index in [2.05, 4.69) is 10.1 Å². The summed E-state index contributed by atoms with van der Waals surface area (Å²) in [6.07, 6.45) is 1.71. The topological polar surface area (TPSA) is 77.7 Å². The Hall–Kier alpha value is -3.94. The number of halogens is 1. The number of likely N-dealkylation sites (tertiary alicyclic amines) is 1. The van der Waals surface area contributed by atoms with E-state index in [0.717, 1.165) is 24.2 Å². The van der Waals surface area contributed by atoms with Crippen molar-refractivity contribution in [3.63, 3.8) is 0 Å². The number of carbonyl (C=O) groups excluding carboxylic acids is 1. The standard InChI is InChI=1S/C26H22FN3O4/c1-15-24-18(14-20(28-25(24)34-29-15)17-5-2-3-6-19(17)27)26(31)30-10-4-7-21(30)16-8-9-22-23(13-16)33-12-11-32-22/h2-3,5-6,8-9,13-14,21H,4,7,10-12H2,1H3/t21-/m0/s1. The van der Waals surface area contributed by atoms with Crippen molar-refractivity contribution in [2.75, 3.05) is 19.8 Å². The fourth-order valence-corrected chi connectivity index (χ4v) is 4.85. The summed E-state index contributed by atoms with van der Waals surface area (Å²) < 4.78 is 31.3. The normalized spacial score (nSPS) is 17.4. The van der Waals surface area contributed by atoms with Gasteiger partial charge in [0.15, 0.2) is 11.5 Å². The van der Waals surface area contributed by atoms with Crippen molar-refractivity contribution in [2.24, 2.45) is 0 Å². The van der Waals surface area contributed by atoms with Crippen LogP contribution in [0.4, 0.5) is 4.39 Å². The first kappa shape index (κ1) is 20.7.